The van der Waals surface area contributed by atoms with Crippen molar-refractivity contribution in [2.75, 3.05) is 18.1 Å². The lowest BCUT2D eigenvalue weighted by Gasteiger charge is -2.53. The fourth-order valence-electron chi connectivity index (χ4n) is 4.70. The zero-order chi connectivity index (χ0) is 33.5. The van der Waals surface area contributed by atoms with Crippen LogP contribution in [0.15, 0.2) is 62.6 Å². The summed E-state index contributed by atoms with van der Waals surface area (Å²) in [5.74, 6) is -3.41. The maximum atomic E-state index is 13.4. The van der Waals surface area contributed by atoms with E-state index >= 15 is 0 Å². The number of nitrogens with two attached hydrogens (primary N) is 1. The van der Waals surface area contributed by atoms with Gasteiger partial charge in [-0.15, -0.1) is 28.6 Å². The van der Waals surface area contributed by atoms with Gasteiger partial charge in [-0.05, 0) is 48.3 Å². The Bertz CT molecular complexity index is 1900. The van der Waals surface area contributed by atoms with E-state index in [1.807, 2.05) is 0 Å². The fraction of sp³-hybridized carbons (Fsp3) is 0.280. The number of hydrazine groups is 1. The van der Waals surface area contributed by atoms with E-state index in [4.69, 9.17) is 27.3 Å². The summed E-state index contributed by atoms with van der Waals surface area (Å²) in [5, 5.41) is 35.8. The van der Waals surface area contributed by atoms with Crippen molar-refractivity contribution >= 4 is 82.3 Å². The fourth-order valence-corrected chi connectivity index (χ4v) is 8.04. The molecule has 5 heterocycles. The number of aromatic nitrogens is 4. The third-order valence-electron chi connectivity index (χ3n) is 7.08. The number of β-lactam (4-membered cyclic amide) rings is 1. The number of carbonyl (C=O) groups is 4. The Labute approximate surface area is 281 Å². The zero-order valence-corrected chi connectivity index (χ0v) is 26.9. The molecule has 3 aromatic rings. The molecule has 1 aromatic carbocycles. The van der Waals surface area contributed by atoms with Gasteiger partial charge in [0.15, 0.2) is 11.4 Å². The number of aliphatic carboxylic acids is 2. The van der Waals surface area contributed by atoms with Gasteiger partial charge < -0.3 is 31.0 Å². The number of halogens is 1. The first-order chi connectivity index (χ1) is 22.4. The van der Waals surface area contributed by atoms with E-state index in [1.54, 1.807) is 30.3 Å². The highest BCUT2D eigenvalue weighted by molar-refractivity contribution is 8.01. The van der Waals surface area contributed by atoms with Crippen molar-refractivity contribution in [3.8, 4) is 5.75 Å². The Hall–Kier alpha value is -4.44. The SMILES string of the molecule is NC1=CN(C(=NOc2ccc(Cl)cc2)C(=O)NC2C(=O)N3CC(CSc4ccc5nn(CC(=O)O)c(=O)n5n4)(C(=O)O)CS[C@H]23)NS1. The molecule has 0 aliphatic carbocycles. The largest absolute Gasteiger partial charge is 0.481 e. The topological polar surface area (TPSA) is 239 Å². The normalized spacial score (nSPS) is 22.4. The maximum Gasteiger partial charge on any atom is 0.367 e. The molecule has 246 valence electrons. The number of hydrogen-bond donors (Lipinski definition) is 5. The molecule has 2 amide bonds. The molecule has 0 spiro atoms. The van der Waals surface area contributed by atoms with Gasteiger partial charge in [0.2, 0.25) is 5.91 Å². The summed E-state index contributed by atoms with van der Waals surface area (Å²) in [6, 6.07) is 8.34. The van der Waals surface area contributed by atoms with Gasteiger partial charge in [-0.3, -0.25) is 19.2 Å². The molecule has 6 N–H and O–H groups in total. The Kier molecular flexibility index (Phi) is 8.98. The third-order valence-corrected chi connectivity index (χ3v) is 10.8. The Balaban J connectivity index is 1.12. The lowest BCUT2D eigenvalue weighted by Crippen LogP contribution is -2.74. The molecular formula is C25H23ClN10O8S3. The first kappa shape index (κ1) is 32.5. The maximum absolute atomic E-state index is 13.4. The van der Waals surface area contributed by atoms with Crippen LogP contribution in [0.4, 0.5) is 0 Å². The molecule has 2 fully saturated rings. The lowest BCUT2D eigenvalue weighted by molar-refractivity contribution is -0.157. The van der Waals surface area contributed by atoms with Gasteiger partial charge in [0.25, 0.3) is 11.7 Å². The highest BCUT2D eigenvalue weighted by atomic mass is 35.5. The van der Waals surface area contributed by atoms with E-state index in [0.29, 0.717) is 20.8 Å². The van der Waals surface area contributed by atoms with Gasteiger partial charge in [-0.1, -0.05) is 16.8 Å². The van der Waals surface area contributed by atoms with Gasteiger partial charge in [0.1, 0.15) is 33.4 Å². The van der Waals surface area contributed by atoms with E-state index < -0.39 is 52.8 Å². The van der Waals surface area contributed by atoms with Crippen LogP contribution in [0.3, 0.4) is 0 Å². The summed E-state index contributed by atoms with van der Waals surface area (Å²) in [6.07, 6.45) is 1.42. The number of amidine groups is 1. The van der Waals surface area contributed by atoms with Gasteiger partial charge >= 0.3 is 17.6 Å². The van der Waals surface area contributed by atoms with E-state index in [-0.39, 0.29) is 29.5 Å². The van der Waals surface area contributed by atoms with Crippen molar-refractivity contribution < 1.29 is 34.2 Å². The molecule has 3 aliphatic heterocycles. The van der Waals surface area contributed by atoms with Crippen molar-refractivity contribution in [1.82, 2.24) is 39.5 Å². The van der Waals surface area contributed by atoms with Crippen LogP contribution in [0, 0.1) is 5.41 Å². The molecule has 2 unspecified atom stereocenters. The molecule has 3 aliphatic rings. The Morgan fingerprint density at radius 2 is 1.96 bits per heavy atom. The number of fused-ring (bicyclic) bond motifs is 2. The Morgan fingerprint density at radius 1 is 1.19 bits per heavy atom. The van der Waals surface area contributed by atoms with Gasteiger partial charge in [-0.25, -0.2) is 9.80 Å². The number of carboxylic acids is 2. The zero-order valence-electron chi connectivity index (χ0n) is 23.7. The van der Waals surface area contributed by atoms with E-state index in [9.17, 15) is 29.1 Å². The summed E-state index contributed by atoms with van der Waals surface area (Å²) < 4.78 is 1.70. The number of rotatable bonds is 9. The molecular weight excluding hydrogens is 700 g/mol. The third kappa shape index (κ3) is 6.56. The van der Waals surface area contributed by atoms with Crippen molar-refractivity contribution in [2.24, 2.45) is 16.3 Å². The monoisotopic (exact) mass is 722 g/mol. The van der Waals surface area contributed by atoms with Crippen LogP contribution in [0.25, 0.3) is 5.65 Å². The number of carbonyl (C=O) groups excluding carboxylic acids is 2. The van der Waals surface area contributed by atoms with Crippen molar-refractivity contribution in [2.45, 2.75) is 23.0 Å². The molecule has 3 atom stereocenters. The molecule has 0 bridgehead atoms. The van der Waals surface area contributed by atoms with Crippen LogP contribution in [-0.2, 0) is 25.7 Å². The van der Waals surface area contributed by atoms with Crippen LogP contribution in [0.2, 0.25) is 5.02 Å². The number of thioether (sulfide) groups is 2. The van der Waals surface area contributed by atoms with E-state index in [0.717, 1.165) is 32.9 Å². The molecule has 22 heteroatoms. The van der Waals surface area contributed by atoms with Crippen LogP contribution in [0.5, 0.6) is 5.75 Å². The molecule has 6 rings (SSSR count). The highest BCUT2D eigenvalue weighted by Gasteiger charge is 2.57. The number of amides is 2. The second-order valence-electron chi connectivity index (χ2n) is 10.3. The minimum Gasteiger partial charge on any atom is -0.481 e. The molecule has 0 radical (unpaired) electrons. The smallest absolute Gasteiger partial charge is 0.367 e. The van der Waals surface area contributed by atoms with Crippen LogP contribution in [0.1, 0.15) is 0 Å². The Morgan fingerprint density at radius 3 is 2.64 bits per heavy atom. The molecule has 2 saturated heterocycles. The average Bonchev–Trinajstić information content (AvgIpc) is 3.61. The van der Waals surface area contributed by atoms with Crippen molar-refractivity contribution in [1.29, 1.82) is 0 Å². The van der Waals surface area contributed by atoms with Crippen molar-refractivity contribution in [3.05, 3.63) is 63.1 Å². The lowest BCUT2D eigenvalue weighted by atomic mass is 9.89. The van der Waals surface area contributed by atoms with Crippen LogP contribution in [-0.4, -0.2) is 98.6 Å². The number of oxime groups is 1. The first-order valence-electron chi connectivity index (χ1n) is 13.4. The summed E-state index contributed by atoms with van der Waals surface area (Å²) in [6.45, 7) is -0.761. The number of hydrogen-bond acceptors (Lipinski definition) is 14. The summed E-state index contributed by atoms with van der Waals surface area (Å²) in [7, 11) is 0. The predicted molar refractivity (Wildman–Crippen MR) is 170 cm³/mol. The van der Waals surface area contributed by atoms with Gasteiger partial charge in [0, 0.05) is 23.1 Å². The second kappa shape index (κ2) is 13.0. The minimum absolute atomic E-state index is 0.00424. The van der Waals surface area contributed by atoms with Crippen LogP contribution < -0.4 is 26.4 Å². The second-order valence-corrected chi connectivity index (χ2v) is 13.7. The summed E-state index contributed by atoms with van der Waals surface area (Å²) >= 11 is 9.23. The molecule has 2 aromatic heterocycles. The van der Waals surface area contributed by atoms with E-state index in [2.05, 4.69) is 25.5 Å². The number of carboxylic acid groups (broad SMARTS) is 2. The number of nitrogens with zero attached hydrogens (tertiary/aromatic N) is 7. The molecule has 0 saturated carbocycles. The number of nitrogens with one attached hydrogen (secondary N) is 2. The quantitative estimate of drug-likeness (QED) is 0.0480. The minimum atomic E-state index is -1.37. The van der Waals surface area contributed by atoms with Crippen LogP contribution >= 0.6 is 47.1 Å². The van der Waals surface area contributed by atoms with E-state index in [1.165, 1.54) is 33.9 Å². The predicted octanol–water partition coefficient (Wildman–Crippen LogP) is -0.189. The highest BCUT2D eigenvalue weighted by Crippen LogP contribution is 2.44. The van der Waals surface area contributed by atoms with Gasteiger partial charge in [0.05, 0.1) is 6.20 Å². The van der Waals surface area contributed by atoms with Gasteiger partial charge in [-0.2, -0.15) is 19.1 Å². The van der Waals surface area contributed by atoms with Crippen molar-refractivity contribution in [3.63, 3.8) is 0 Å². The average molecular weight is 723 g/mol. The summed E-state index contributed by atoms with van der Waals surface area (Å²) in [4.78, 5) is 72.2. The molecule has 47 heavy (non-hydrogen) atoms. The summed E-state index contributed by atoms with van der Waals surface area (Å²) in [5.41, 5.74) is 3.82. The number of benzene rings is 1. The first-order valence-corrected chi connectivity index (χ1v) is 16.6. The standard InChI is InChI=1S/C25H23ClN10O8S3/c26-12-1-3-13(4-2-12)44-31-19(34-7-14(27)47-32-34)20(39)28-18-21(40)33-9-25(23(41)42,11-46-22(18)33)10-45-16-6-5-15-29-35(8-17(37)38)24(43)36(15)30-16/h1-7,18,22,32H,8-11,27H2,(H,28,39)(H,37,38)(H,41,42)/t18?,22-,25?/m1/s1. The molecule has 18 nitrogen and oxygen atoms in total.